The standard InChI is InChI=1S/C17H23NO5S/c1-2-23-17(20)9-8-16(19)18-11-10-15(24(21,22)13-12-18)14-6-4-3-5-7-14/h3-7,15H,2,8-13H2,1H3/t15-/m1/s1. The van der Waals surface area contributed by atoms with Crippen LogP contribution in [0.15, 0.2) is 30.3 Å². The fourth-order valence-corrected chi connectivity index (χ4v) is 4.63. The number of amides is 1. The van der Waals surface area contributed by atoms with Crippen LogP contribution in [0, 0.1) is 0 Å². The lowest BCUT2D eigenvalue weighted by atomic mass is 10.1. The average Bonchev–Trinajstić information content (AvgIpc) is 2.72. The molecule has 0 aromatic heterocycles. The number of benzene rings is 1. The fraction of sp³-hybridized carbons (Fsp3) is 0.529. The molecule has 7 heteroatoms. The van der Waals surface area contributed by atoms with Gasteiger partial charge in [0.1, 0.15) is 0 Å². The summed E-state index contributed by atoms with van der Waals surface area (Å²) in [4.78, 5) is 25.1. The Morgan fingerprint density at radius 2 is 1.88 bits per heavy atom. The zero-order valence-corrected chi connectivity index (χ0v) is 14.6. The molecule has 0 unspecified atom stereocenters. The van der Waals surface area contributed by atoms with E-state index in [0.717, 1.165) is 5.56 Å². The Morgan fingerprint density at radius 3 is 2.54 bits per heavy atom. The molecule has 1 amide bonds. The van der Waals surface area contributed by atoms with Gasteiger partial charge < -0.3 is 9.64 Å². The van der Waals surface area contributed by atoms with Crippen LogP contribution < -0.4 is 0 Å². The molecule has 0 aliphatic carbocycles. The minimum atomic E-state index is -3.30. The lowest BCUT2D eigenvalue weighted by Crippen LogP contribution is -2.33. The third-order valence-electron chi connectivity index (χ3n) is 4.11. The Labute approximate surface area is 142 Å². The van der Waals surface area contributed by atoms with Crippen molar-refractivity contribution in [1.82, 2.24) is 4.90 Å². The lowest BCUT2D eigenvalue weighted by molar-refractivity contribution is -0.145. The molecule has 132 valence electrons. The number of ether oxygens (including phenoxy) is 1. The average molecular weight is 353 g/mol. The van der Waals surface area contributed by atoms with E-state index in [1.54, 1.807) is 24.0 Å². The molecule has 0 spiro atoms. The number of hydrogen-bond donors (Lipinski definition) is 0. The van der Waals surface area contributed by atoms with Crippen LogP contribution in [-0.2, 0) is 24.2 Å². The van der Waals surface area contributed by atoms with E-state index in [1.165, 1.54) is 0 Å². The number of rotatable bonds is 5. The molecule has 6 nitrogen and oxygen atoms in total. The van der Waals surface area contributed by atoms with Crippen molar-refractivity contribution in [2.75, 3.05) is 25.4 Å². The van der Waals surface area contributed by atoms with E-state index in [1.807, 2.05) is 18.2 Å². The van der Waals surface area contributed by atoms with E-state index in [2.05, 4.69) is 0 Å². The number of sulfone groups is 1. The first-order valence-corrected chi connectivity index (χ1v) is 9.85. The Kier molecular flexibility index (Phi) is 6.36. The van der Waals surface area contributed by atoms with Crippen molar-refractivity contribution in [2.24, 2.45) is 0 Å². The van der Waals surface area contributed by atoms with Crippen LogP contribution in [0.25, 0.3) is 0 Å². The molecule has 1 aromatic rings. The normalized spacial score (nSPS) is 20.2. The molecule has 1 aromatic carbocycles. The van der Waals surface area contributed by atoms with Gasteiger partial charge in [-0.3, -0.25) is 9.59 Å². The quantitative estimate of drug-likeness (QED) is 0.753. The van der Waals surface area contributed by atoms with Gasteiger partial charge in [-0.05, 0) is 18.9 Å². The highest BCUT2D eigenvalue weighted by atomic mass is 32.2. The maximum Gasteiger partial charge on any atom is 0.306 e. The van der Waals surface area contributed by atoms with Crippen LogP contribution in [0.3, 0.4) is 0 Å². The third-order valence-corrected chi connectivity index (χ3v) is 6.24. The number of hydrogen-bond acceptors (Lipinski definition) is 5. The van der Waals surface area contributed by atoms with Gasteiger partial charge in [0.05, 0.1) is 24.0 Å². The predicted octanol–water partition coefficient (Wildman–Crippen LogP) is 1.72. The van der Waals surface area contributed by atoms with Crippen LogP contribution in [0.1, 0.15) is 37.0 Å². The third kappa shape index (κ3) is 4.80. The van der Waals surface area contributed by atoms with Gasteiger partial charge in [0.15, 0.2) is 9.84 Å². The summed E-state index contributed by atoms with van der Waals surface area (Å²) in [6.07, 6.45) is 0.449. The molecule has 0 radical (unpaired) electrons. The molecule has 1 heterocycles. The van der Waals surface area contributed by atoms with Crippen molar-refractivity contribution in [3.63, 3.8) is 0 Å². The highest BCUT2D eigenvalue weighted by molar-refractivity contribution is 7.91. The van der Waals surface area contributed by atoms with Crippen molar-refractivity contribution >= 4 is 21.7 Å². The van der Waals surface area contributed by atoms with Crippen molar-refractivity contribution in [1.29, 1.82) is 0 Å². The van der Waals surface area contributed by atoms with Gasteiger partial charge in [-0.2, -0.15) is 0 Å². The van der Waals surface area contributed by atoms with Gasteiger partial charge >= 0.3 is 5.97 Å². The summed E-state index contributed by atoms with van der Waals surface area (Å²) in [5.41, 5.74) is 0.762. The van der Waals surface area contributed by atoms with Crippen molar-refractivity contribution < 1.29 is 22.7 Å². The zero-order chi connectivity index (χ0) is 17.6. The van der Waals surface area contributed by atoms with E-state index in [-0.39, 0.29) is 37.7 Å². The first-order valence-electron chi connectivity index (χ1n) is 8.14. The van der Waals surface area contributed by atoms with Gasteiger partial charge in [0, 0.05) is 19.5 Å². The van der Waals surface area contributed by atoms with Gasteiger partial charge in [-0.1, -0.05) is 30.3 Å². The van der Waals surface area contributed by atoms with E-state index in [9.17, 15) is 18.0 Å². The summed E-state index contributed by atoms with van der Waals surface area (Å²) in [6, 6.07) is 9.09. The second-order valence-electron chi connectivity index (χ2n) is 5.74. The Balaban J connectivity index is 2.00. The monoisotopic (exact) mass is 353 g/mol. The van der Waals surface area contributed by atoms with Crippen LogP contribution in [0.2, 0.25) is 0 Å². The summed E-state index contributed by atoms with van der Waals surface area (Å²) >= 11 is 0. The Bertz CT molecular complexity index is 671. The summed E-state index contributed by atoms with van der Waals surface area (Å²) in [6.45, 7) is 2.55. The van der Waals surface area contributed by atoms with E-state index >= 15 is 0 Å². The SMILES string of the molecule is CCOC(=O)CCC(=O)N1CC[C@H](c2ccccc2)S(=O)(=O)CC1. The lowest BCUT2D eigenvalue weighted by Gasteiger charge is -2.19. The van der Waals surface area contributed by atoms with Gasteiger partial charge in [-0.15, -0.1) is 0 Å². The fourth-order valence-electron chi connectivity index (χ4n) is 2.84. The van der Waals surface area contributed by atoms with Crippen LogP contribution in [0.5, 0.6) is 0 Å². The number of carbonyl (C=O) groups is 2. The molecule has 0 N–H and O–H groups in total. The molecular weight excluding hydrogens is 330 g/mol. The van der Waals surface area contributed by atoms with E-state index < -0.39 is 21.1 Å². The second kappa shape index (κ2) is 8.28. The topological polar surface area (TPSA) is 80.8 Å². The maximum absolute atomic E-state index is 12.5. The number of esters is 1. The van der Waals surface area contributed by atoms with Gasteiger partial charge in [-0.25, -0.2) is 8.42 Å². The molecule has 1 atom stereocenters. The summed E-state index contributed by atoms with van der Waals surface area (Å²) in [5.74, 6) is -0.667. The van der Waals surface area contributed by atoms with Gasteiger partial charge in [0.2, 0.25) is 5.91 Å². The number of carbonyl (C=O) groups excluding carboxylic acids is 2. The molecule has 1 saturated heterocycles. The smallest absolute Gasteiger partial charge is 0.306 e. The minimum absolute atomic E-state index is 0.0258. The highest BCUT2D eigenvalue weighted by Gasteiger charge is 2.32. The largest absolute Gasteiger partial charge is 0.466 e. The molecule has 0 saturated carbocycles. The summed E-state index contributed by atoms with van der Waals surface area (Å²) < 4.78 is 29.8. The first-order chi connectivity index (χ1) is 11.4. The molecule has 0 bridgehead atoms. The molecule has 1 fully saturated rings. The Morgan fingerprint density at radius 1 is 1.17 bits per heavy atom. The zero-order valence-electron chi connectivity index (χ0n) is 13.8. The predicted molar refractivity (Wildman–Crippen MR) is 90.0 cm³/mol. The summed E-state index contributed by atoms with van der Waals surface area (Å²) in [5, 5.41) is -0.582. The second-order valence-corrected chi connectivity index (χ2v) is 8.04. The number of nitrogens with zero attached hydrogens (tertiary/aromatic N) is 1. The summed E-state index contributed by atoms with van der Waals surface area (Å²) in [7, 11) is -3.30. The molecular formula is C17H23NO5S. The van der Waals surface area contributed by atoms with Crippen LogP contribution in [-0.4, -0.2) is 50.6 Å². The molecule has 24 heavy (non-hydrogen) atoms. The van der Waals surface area contributed by atoms with E-state index in [0.29, 0.717) is 13.0 Å². The highest BCUT2D eigenvalue weighted by Crippen LogP contribution is 2.29. The maximum atomic E-state index is 12.5. The molecule has 1 aliphatic heterocycles. The van der Waals surface area contributed by atoms with E-state index in [4.69, 9.17) is 4.74 Å². The van der Waals surface area contributed by atoms with Gasteiger partial charge in [0.25, 0.3) is 0 Å². The molecule has 1 aliphatic rings. The molecule has 2 rings (SSSR count). The van der Waals surface area contributed by atoms with Crippen molar-refractivity contribution in [3.05, 3.63) is 35.9 Å². The van der Waals surface area contributed by atoms with Crippen LogP contribution in [0.4, 0.5) is 0 Å². The van der Waals surface area contributed by atoms with Crippen molar-refractivity contribution in [2.45, 2.75) is 31.4 Å². The van der Waals surface area contributed by atoms with Crippen LogP contribution >= 0.6 is 0 Å². The Hall–Kier alpha value is -1.89. The van der Waals surface area contributed by atoms with Crippen molar-refractivity contribution in [3.8, 4) is 0 Å². The minimum Gasteiger partial charge on any atom is -0.466 e. The first kappa shape index (κ1) is 18.4.